The van der Waals surface area contributed by atoms with E-state index in [4.69, 9.17) is 11.6 Å². The van der Waals surface area contributed by atoms with E-state index in [1.165, 1.54) is 21.9 Å². The Kier molecular flexibility index (Phi) is 8.84. The molecule has 2 aromatic carbocycles. The van der Waals surface area contributed by atoms with E-state index in [1.807, 2.05) is 24.3 Å². The fourth-order valence-electron chi connectivity index (χ4n) is 2.89. The number of thioether (sulfide) groups is 1. The highest BCUT2D eigenvalue weighted by molar-refractivity contribution is 8.03. The second kappa shape index (κ2) is 10.9. The molecule has 0 saturated carbocycles. The Balaban J connectivity index is 0.00000261. The van der Waals surface area contributed by atoms with Crippen LogP contribution in [0.4, 0.5) is 4.39 Å². The standard InChI is InChI=1S/C21H21ClFNOS.ClH/c22-17-5-9-19(10-6-17)26-20-11-14-24(15-12-20)13-1-2-21(25)16-3-7-18(23)8-4-16;/h3-11H,1-2,12-15H2;1H. The van der Waals surface area contributed by atoms with Crippen LogP contribution >= 0.6 is 35.8 Å². The molecule has 1 aliphatic rings. The van der Waals surface area contributed by atoms with E-state index in [0.717, 1.165) is 37.5 Å². The highest BCUT2D eigenvalue weighted by Gasteiger charge is 2.13. The zero-order chi connectivity index (χ0) is 18.4. The molecule has 0 radical (unpaired) electrons. The molecule has 6 heteroatoms. The smallest absolute Gasteiger partial charge is 0.162 e. The lowest BCUT2D eigenvalue weighted by atomic mass is 10.1. The highest BCUT2D eigenvalue weighted by Crippen LogP contribution is 2.31. The molecule has 0 saturated heterocycles. The summed E-state index contributed by atoms with van der Waals surface area (Å²) in [6, 6.07) is 13.7. The zero-order valence-electron chi connectivity index (χ0n) is 14.9. The molecule has 0 spiro atoms. The first kappa shape index (κ1) is 22.0. The first-order valence-corrected chi connectivity index (χ1v) is 9.93. The number of rotatable bonds is 7. The van der Waals surface area contributed by atoms with E-state index >= 15 is 0 Å². The van der Waals surface area contributed by atoms with Crippen LogP contribution in [-0.2, 0) is 0 Å². The van der Waals surface area contributed by atoms with Crippen molar-refractivity contribution in [2.75, 3.05) is 19.6 Å². The molecule has 0 N–H and O–H groups in total. The maximum Gasteiger partial charge on any atom is 0.162 e. The van der Waals surface area contributed by atoms with Crippen LogP contribution in [-0.4, -0.2) is 30.3 Å². The van der Waals surface area contributed by atoms with Crippen LogP contribution in [0.1, 0.15) is 29.6 Å². The maximum absolute atomic E-state index is 12.9. The average molecular weight is 426 g/mol. The van der Waals surface area contributed by atoms with Gasteiger partial charge in [0.25, 0.3) is 0 Å². The second-order valence-corrected chi connectivity index (χ2v) is 7.95. The van der Waals surface area contributed by atoms with Gasteiger partial charge in [-0.3, -0.25) is 9.69 Å². The number of carbonyl (C=O) groups excluding carboxylic acids is 1. The van der Waals surface area contributed by atoms with Crippen molar-refractivity contribution in [3.63, 3.8) is 0 Å². The normalized spacial score (nSPS) is 14.4. The molecule has 0 unspecified atom stereocenters. The number of ketones is 1. The monoisotopic (exact) mass is 425 g/mol. The van der Waals surface area contributed by atoms with Crippen molar-refractivity contribution in [3.05, 3.63) is 75.9 Å². The minimum absolute atomic E-state index is 0. The van der Waals surface area contributed by atoms with Crippen molar-refractivity contribution in [2.45, 2.75) is 24.2 Å². The van der Waals surface area contributed by atoms with E-state index in [9.17, 15) is 9.18 Å². The first-order valence-electron chi connectivity index (χ1n) is 8.74. The fraction of sp³-hybridized carbons (Fsp3) is 0.286. The van der Waals surface area contributed by atoms with Crippen molar-refractivity contribution in [1.29, 1.82) is 0 Å². The Morgan fingerprint density at radius 3 is 2.44 bits per heavy atom. The van der Waals surface area contributed by atoms with Gasteiger partial charge in [0, 0.05) is 35.0 Å². The van der Waals surface area contributed by atoms with Gasteiger partial charge in [-0.05, 0) is 72.8 Å². The van der Waals surface area contributed by atoms with Crippen molar-refractivity contribution >= 4 is 41.6 Å². The average Bonchev–Trinajstić information content (AvgIpc) is 2.65. The summed E-state index contributed by atoms with van der Waals surface area (Å²) < 4.78 is 12.9. The van der Waals surface area contributed by atoms with Gasteiger partial charge in [0.2, 0.25) is 0 Å². The molecule has 1 heterocycles. The van der Waals surface area contributed by atoms with Gasteiger partial charge in [-0.1, -0.05) is 29.4 Å². The van der Waals surface area contributed by atoms with Crippen LogP contribution in [0.2, 0.25) is 5.02 Å². The number of carbonyl (C=O) groups is 1. The lowest BCUT2D eigenvalue weighted by Crippen LogP contribution is -2.29. The Morgan fingerprint density at radius 2 is 1.81 bits per heavy atom. The Labute approximate surface area is 175 Å². The molecule has 0 amide bonds. The van der Waals surface area contributed by atoms with Crippen LogP contribution in [0, 0.1) is 5.82 Å². The quantitative estimate of drug-likeness (QED) is 0.489. The third-order valence-electron chi connectivity index (χ3n) is 4.36. The molecule has 0 aliphatic carbocycles. The molecule has 144 valence electrons. The van der Waals surface area contributed by atoms with E-state index in [-0.39, 0.29) is 24.0 Å². The van der Waals surface area contributed by atoms with Crippen LogP contribution < -0.4 is 0 Å². The molecule has 0 bridgehead atoms. The minimum Gasteiger partial charge on any atom is -0.299 e. The molecule has 27 heavy (non-hydrogen) atoms. The molecule has 0 fully saturated rings. The van der Waals surface area contributed by atoms with Crippen molar-refractivity contribution in [1.82, 2.24) is 4.90 Å². The largest absolute Gasteiger partial charge is 0.299 e. The maximum atomic E-state index is 12.9. The number of halogens is 3. The number of nitrogens with zero attached hydrogens (tertiary/aromatic N) is 1. The number of benzene rings is 2. The lowest BCUT2D eigenvalue weighted by molar-refractivity contribution is 0.0975. The van der Waals surface area contributed by atoms with Gasteiger partial charge in [0.1, 0.15) is 5.82 Å². The topological polar surface area (TPSA) is 20.3 Å². The summed E-state index contributed by atoms with van der Waals surface area (Å²) in [7, 11) is 0. The van der Waals surface area contributed by atoms with Gasteiger partial charge in [0.15, 0.2) is 5.78 Å². The van der Waals surface area contributed by atoms with Crippen LogP contribution in [0.25, 0.3) is 0 Å². The minimum atomic E-state index is -0.311. The summed E-state index contributed by atoms with van der Waals surface area (Å²) in [4.78, 5) is 17.1. The fourth-order valence-corrected chi connectivity index (χ4v) is 3.94. The predicted molar refractivity (Wildman–Crippen MR) is 114 cm³/mol. The predicted octanol–water partition coefficient (Wildman–Crippen LogP) is 6.25. The molecular formula is C21H22Cl2FNOS. The summed E-state index contributed by atoms with van der Waals surface area (Å²) in [5.74, 6) is -0.231. The Hall–Kier alpha value is -1.33. The summed E-state index contributed by atoms with van der Waals surface area (Å²) >= 11 is 7.71. The molecule has 3 rings (SSSR count). The SMILES string of the molecule is Cl.O=C(CCCN1CC=C(Sc2ccc(Cl)cc2)CC1)c1ccc(F)cc1. The zero-order valence-corrected chi connectivity index (χ0v) is 17.3. The Bertz CT molecular complexity index is 778. The third kappa shape index (κ3) is 6.96. The molecular weight excluding hydrogens is 404 g/mol. The molecule has 1 aliphatic heterocycles. The van der Waals surface area contributed by atoms with Gasteiger partial charge in [-0.25, -0.2) is 4.39 Å². The molecule has 2 nitrogen and oxygen atoms in total. The van der Waals surface area contributed by atoms with E-state index in [0.29, 0.717) is 12.0 Å². The summed E-state index contributed by atoms with van der Waals surface area (Å²) in [6.45, 7) is 2.83. The highest BCUT2D eigenvalue weighted by atomic mass is 35.5. The van der Waals surface area contributed by atoms with Crippen LogP contribution in [0.3, 0.4) is 0 Å². The number of hydrogen-bond donors (Lipinski definition) is 0. The van der Waals surface area contributed by atoms with Crippen molar-refractivity contribution < 1.29 is 9.18 Å². The van der Waals surface area contributed by atoms with Gasteiger partial charge >= 0.3 is 0 Å². The van der Waals surface area contributed by atoms with Gasteiger partial charge in [0.05, 0.1) is 0 Å². The lowest BCUT2D eigenvalue weighted by Gasteiger charge is -2.25. The molecule has 0 aromatic heterocycles. The Morgan fingerprint density at radius 1 is 1.11 bits per heavy atom. The van der Waals surface area contributed by atoms with Gasteiger partial charge in [-0.15, -0.1) is 12.4 Å². The summed E-state index contributed by atoms with van der Waals surface area (Å²) in [6.07, 6.45) is 4.62. The van der Waals surface area contributed by atoms with Crippen LogP contribution in [0.15, 0.2) is 64.4 Å². The number of Topliss-reactive ketones (excluding diaryl/α,β-unsaturated/α-hetero) is 1. The van der Waals surface area contributed by atoms with Gasteiger partial charge in [-0.2, -0.15) is 0 Å². The van der Waals surface area contributed by atoms with E-state index < -0.39 is 0 Å². The summed E-state index contributed by atoms with van der Waals surface area (Å²) in [5, 5.41) is 0.758. The van der Waals surface area contributed by atoms with E-state index in [1.54, 1.807) is 23.9 Å². The van der Waals surface area contributed by atoms with Gasteiger partial charge < -0.3 is 0 Å². The third-order valence-corrected chi connectivity index (χ3v) is 5.75. The number of hydrogen-bond acceptors (Lipinski definition) is 3. The van der Waals surface area contributed by atoms with Crippen molar-refractivity contribution in [3.8, 4) is 0 Å². The second-order valence-electron chi connectivity index (χ2n) is 6.31. The summed E-state index contributed by atoms with van der Waals surface area (Å²) in [5.41, 5.74) is 0.589. The molecule has 0 atom stereocenters. The van der Waals surface area contributed by atoms with E-state index in [2.05, 4.69) is 11.0 Å². The first-order chi connectivity index (χ1) is 12.6. The molecule has 2 aromatic rings. The van der Waals surface area contributed by atoms with Crippen molar-refractivity contribution in [2.24, 2.45) is 0 Å². The van der Waals surface area contributed by atoms with Crippen LogP contribution in [0.5, 0.6) is 0 Å².